The molecule has 2 aliphatic carbocycles. The molecule has 0 N–H and O–H groups in total. The molecule has 0 nitrogen and oxygen atoms in total. The molecular weight excluding hydrogens is 192 g/mol. The number of rotatable bonds is 1. The molecule has 0 aliphatic heterocycles. The zero-order valence-corrected chi connectivity index (χ0v) is 11.7. The van der Waals surface area contributed by atoms with Crippen molar-refractivity contribution in [2.75, 3.05) is 0 Å². The van der Waals surface area contributed by atoms with E-state index in [1.165, 1.54) is 38.5 Å². The van der Waals surface area contributed by atoms with Gasteiger partial charge in [-0.2, -0.15) is 0 Å². The molecule has 0 amide bonds. The Kier molecular flexibility index (Phi) is 3.97. The summed E-state index contributed by atoms with van der Waals surface area (Å²) in [7, 11) is 0. The third kappa shape index (κ3) is 2.63. The van der Waals surface area contributed by atoms with E-state index >= 15 is 0 Å². The van der Waals surface area contributed by atoms with Crippen LogP contribution in [0.25, 0.3) is 0 Å². The molecule has 16 heavy (non-hydrogen) atoms. The fourth-order valence-electron chi connectivity index (χ4n) is 4.65. The number of hydrogen-bond donors (Lipinski definition) is 0. The van der Waals surface area contributed by atoms with Gasteiger partial charge in [0.2, 0.25) is 0 Å². The molecule has 2 rings (SSSR count). The molecule has 2 saturated carbocycles. The van der Waals surface area contributed by atoms with Crippen LogP contribution in [0.15, 0.2) is 0 Å². The van der Waals surface area contributed by atoms with Gasteiger partial charge in [0, 0.05) is 0 Å². The Morgan fingerprint density at radius 1 is 0.562 bits per heavy atom. The molecule has 0 heteroatoms. The van der Waals surface area contributed by atoms with Gasteiger partial charge >= 0.3 is 0 Å². The highest BCUT2D eigenvalue weighted by atomic mass is 14.4. The van der Waals surface area contributed by atoms with Crippen molar-refractivity contribution in [1.29, 1.82) is 0 Å². The van der Waals surface area contributed by atoms with E-state index in [-0.39, 0.29) is 0 Å². The molecule has 0 aromatic rings. The molecule has 0 spiro atoms. The lowest BCUT2D eigenvalue weighted by Gasteiger charge is -2.43. The van der Waals surface area contributed by atoms with Gasteiger partial charge in [-0.1, -0.05) is 40.5 Å². The van der Waals surface area contributed by atoms with Gasteiger partial charge in [-0.15, -0.1) is 0 Å². The van der Waals surface area contributed by atoms with Crippen molar-refractivity contribution in [3.63, 3.8) is 0 Å². The first-order valence-electron chi connectivity index (χ1n) is 7.58. The molecule has 6 unspecified atom stereocenters. The standard InChI is InChI=1S/C16H30/c1-11-5-7-15(13(3)9-11)16-8-6-12(2)10-14(16)4/h11-16H,5-10H2,1-4H3. The van der Waals surface area contributed by atoms with Crippen LogP contribution in [-0.2, 0) is 0 Å². The highest BCUT2D eigenvalue weighted by Gasteiger charge is 2.36. The monoisotopic (exact) mass is 222 g/mol. The Bertz CT molecular complexity index is 196. The summed E-state index contributed by atoms with van der Waals surface area (Å²) in [6, 6.07) is 0. The predicted octanol–water partition coefficient (Wildman–Crippen LogP) is 5.13. The lowest BCUT2D eigenvalue weighted by Crippen LogP contribution is -2.34. The van der Waals surface area contributed by atoms with Gasteiger partial charge in [0.05, 0.1) is 0 Å². The Morgan fingerprint density at radius 2 is 0.938 bits per heavy atom. The minimum atomic E-state index is 0.990. The summed E-state index contributed by atoms with van der Waals surface area (Å²) in [5, 5.41) is 0. The first kappa shape index (κ1) is 12.5. The largest absolute Gasteiger partial charge is 0.0625 e. The van der Waals surface area contributed by atoms with Crippen molar-refractivity contribution >= 4 is 0 Å². The second kappa shape index (κ2) is 5.10. The molecule has 0 heterocycles. The summed E-state index contributed by atoms with van der Waals surface area (Å²) in [6.07, 6.45) is 9.01. The molecule has 0 radical (unpaired) electrons. The zero-order chi connectivity index (χ0) is 11.7. The molecule has 0 aromatic carbocycles. The van der Waals surface area contributed by atoms with Crippen molar-refractivity contribution in [3.05, 3.63) is 0 Å². The minimum absolute atomic E-state index is 0.990. The first-order valence-corrected chi connectivity index (χ1v) is 7.58. The average Bonchev–Trinajstić information content (AvgIpc) is 2.19. The molecule has 6 atom stereocenters. The SMILES string of the molecule is CC1CCC(C2CCC(C)CC2C)C(C)C1. The molecule has 0 saturated heterocycles. The van der Waals surface area contributed by atoms with Gasteiger partial charge in [0.1, 0.15) is 0 Å². The lowest BCUT2D eigenvalue weighted by molar-refractivity contribution is 0.0656. The quantitative estimate of drug-likeness (QED) is 0.577. The predicted molar refractivity (Wildman–Crippen MR) is 71.3 cm³/mol. The van der Waals surface area contributed by atoms with Crippen LogP contribution in [0.3, 0.4) is 0 Å². The van der Waals surface area contributed by atoms with E-state index in [0.717, 1.165) is 35.5 Å². The molecule has 2 fully saturated rings. The second-order valence-corrected chi connectivity index (χ2v) is 7.12. The van der Waals surface area contributed by atoms with Crippen molar-refractivity contribution in [2.45, 2.75) is 66.2 Å². The Balaban J connectivity index is 1.96. The fraction of sp³-hybridized carbons (Fsp3) is 1.00. The normalized spacial score (nSPS) is 50.2. The van der Waals surface area contributed by atoms with Gasteiger partial charge in [-0.3, -0.25) is 0 Å². The van der Waals surface area contributed by atoms with E-state index in [0.29, 0.717) is 0 Å². The summed E-state index contributed by atoms with van der Waals surface area (Å²) in [4.78, 5) is 0. The van der Waals surface area contributed by atoms with Crippen LogP contribution in [0.5, 0.6) is 0 Å². The van der Waals surface area contributed by atoms with E-state index in [4.69, 9.17) is 0 Å². The molecule has 2 aliphatic rings. The van der Waals surface area contributed by atoms with E-state index in [1.54, 1.807) is 0 Å². The van der Waals surface area contributed by atoms with E-state index in [9.17, 15) is 0 Å². The Labute approximate surface area is 102 Å². The average molecular weight is 222 g/mol. The topological polar surface area (TPSA) is 0 Å². The van der Waals surface area contributed by atoms with Gasteiger partial charge in [-0.25, -0.2) is 0 Å². The summed E-state index contributed by atoms with van der Waals surface area (Å²) >= 11 is 0. The van der Waals surface area contributed by atoms with Gasteiger partial charge < -0.3 is 0 Å². The van der Waals surface area contributed by atoms with Crippen LogP contribution in [0.4, 0.5) is 0 Å². The zero-order valence-electron chi connectivity index (χ0n) is 11.7. The van der Waals surface area contributed by atoms with Crippen molar-refractivity contribution in [3.8, 4) is 0 Å². The Morgan fingerprint density at radius 3 is 1.25 bits per heavy atom. The summed E-state index contributed by atoms with van der Waals surface area (Å²) in [5.74, 6) is 6.07. The van der Waals surface area contributed by atoms with Gasteiger partial charge in [0.15, 0.2) is 0 Å². The first-order chi connectivity index (χ1) is 7.58. The molecule has 94 valence electrons. The van der Waals surface area contributed by atoms with Gasteiger partial charge in [-0.05, 0) is 61.2 Å². The van der Waals surface area contributed by atoms with Crippen molar-refractivity contribution < 1.29 is 0 Å². The van der Waals surface area contributed by atoms with E-state index in [1.807, 2.05) is 0 Å². The maximum atomic E-state index is 2.52. The highest BCUT2D eigenvalue weighted by Crippen LogP contribution is 2.46. The number of hydrogen-bond acceptors (Lipinski definition) is 0. The van der Waals surface area contributed by atoms with Gasteiger partial charge in [0.25, 0.3) is 0 Å². The van der Waals surface area contributed by atoms with Crippen LogP contribution < -0.4 is 0 Å². The van der Waals surface area contributed by atoms with Crippen LogP contribution in [-0.4, -0.2) is 0 Å². The van der Waals surface area contributed by atoms with Crippen LogP contribution >= 0.6 is 0 Å². The minimum Gasteiger partial charge on any atom is -0.0625 e. The third-order valence-electron chi connectivity index (χ3n) is 5.55. The smallest absolute Gasteiger partial charge is 0.0357 e. The summed E-state index contributed by atoms with van der Waals surface area (Å²) in [5.41, 5.74) is 0. The van der Waals surface area contributed by atoms with E-state index in [2.05, 4.69) is 27.7 Å². The van der Waals surface area contributed by atoms with Crippen LogP contribution in [0, 0.1) is 35.5 Å². The molecular formula is C16H30. The van der Waals surface area contributed by atoms with Crippen LogP contribution in [0.1, 0.15) is 66.2 Å². The molecule has 0 aromatic heterocycles. The maximum absolute atomic E-state index is 2.52. The second-order valence-electron chi connectivity index (χ2n) is 7.12. The summed E-state index contributed by atoms with van der Waals surface area (Å²) < 4.78 is 0. The Hall–Kier alpha value is 0. The maximum Gasteiger partial charge on any atom is -0.0357 e. The highest BCUT2D eigenvalue weighted by molar-refractivity contribution is 4.86. The summed E-state index contributed by atoms with van der Waals surface area (Å²) in [6.45, 7) is 9.92. The van der Waals surface area contributed by atoms with Crippen LogP contribution in [0.2, 0.25) is 0 Å². The van der Waals surface area contributed by atoms with Crippen molar-refractivity contribution in [1.82, 2.24) is 0 Å². The van der Waals surface area contributed by atoms with Crippen molar-refractivity contribution in [2.24, 2.45) is 35.5 Å². The fourth-order valence-corrected chi connectivity index (χ4v) is 4.65. The third-order valence-corrected chi connectivity index (χ3v) is 5.55. The molecule has 0 bridgehead atoms. The van der Waals surface area contributed by atoms with E-state index < -0.39 is 0 Å². The lowest BCUT2D eigenvalue weighted by atomic mass is 9.62.